The van der Waals surface area contributed by atoms with Gasteiger partial charge in [-0.3, -0.25) is 0 Å². The average molecular weight is 338 g/mol. The van der Waals surface area contributed by atoms with Crippen molar-refractivity contribution in [2.75, 3.05) is 26.4 Å². The van der Waals surface area contributed by atoms with Crippen LogP contribution in [-0.4, -0.2) is 45.5 Å². The largest absolute Gasteiger partial charge is 0.383 e. The van der Waals surface area contributed by atoms with Crippen molar-refractivity contribution in [3.05, 3.63) is 41.9 Å². The van der Waals surface area contributed by atoms with Gasteiger partial charge in [0.15, 0.2) is 0 Å². The molecule has 1 aliphatic carbocycles. The summed E-state index contributed by atoms with van der Waals surface area (Å²) in [6.07, 6.45) is 3.84. The number of benzene rings is 1. The minimum Gasteiger partial charge on any atom is -0.383 e. The summed E-state index contributed by atoms with van der Waals surface area (Å²) in [6.45, 7) is 2.94. The maximum atomic E-state index is 6.32. The number of nitrogens with two attached hydrogens (primary N) is 1. The van der Waals surface area contributed by atoms with Crippen LogP contribution in [0.2, 0.25) is 0 Å². The van der Waals surface area contributed by atoms with Gasteiger partial charge < -0.3 is 15.2 Å². The topological polar surface area (TPSA) is 86.0 Å². The first-order valence-corrected chi connectivity index (χ1v) is 8.39. The Hall–Kier alpha value is -2.67. The van der Waals surface area contributed by atoms with Crippen molar-refractivity contribution in [3.63, 3.8) is 0 Å². The molecule has 2 aromatic heterocycles. The zero-order valence-corrected chi connectivity index (χ0v) is 14.7. The van der Waals surface area contributed by atoms with E-state index in [2.05, 4.69) is 34.2 Å². The molecular weight excluding hydrogens is 316 g/mol. The van der Waals surface area contributed by atoms with Crippen LogP contribution in [0.15, 0.2) is 35.0 Å². The maximum absolute atomic E-state index is 6.32. The molecule has 130 valence electrons. The zero-order valence-electron chi connectivity index (χ0n) is 14.7. The van der Waals surface area contributed by atoms with E-state index in [1.165, 1.54) is 0 Å². The van der Waals surface area contributed by atoms with Crippen molar-refractivity contribution in [1.29, 1.82) is 0 Å². The lowest BCUT2D eigenvalue weighted by atomic mass is 10.1. The molecule has 0 atom stereocenters. The second kappa shape index (κ2) is 5.70. The summed E-state index contributed by atoms with van der Waals surface area (Å²) in [5.41, 5.74) is 9.05. The summed E-state index contributed by atoms with van der Waals surface area (Å²) < 4.78 is 7.28. The van der Waals surface area contributed by atoms with Crippen molar-refractivity contribution in [2.45, 2.75) is 25.2 Å². The summed E-state index contributed by atoms with van der Waals surface area (Å²) in [7, 11) is 4.11. The first kappa shape index (κ1) is 15.8. The molecule has 4 rings (SSSR count). The second-order valence-electron chi connectivity index (χ2n) is 7.08. The van der Waals surface area contributed by atoms with Gasteiger partial charge in [0.2, 0.25) is 11.7 Å². The molecule has 1 fully saturated rings. The van der Waals surface area contributed by atoms with E-state index in [4.69, 9.17) is 10.3 Å². The number of hydrogen-bond acceptors (Lipinski definition) is 6. The molecule has 2 heterocycles. The van der Waals surface area contributed by atoms with E-state index in [9.17, 15) is 0 Å². The number of likely N-dealkylation sites (N-methyl/N-ethyl adjacent to an activating group) is 1. The van der Waals surface area contributed by atoms with Gasteiger partial charge in [0.05, 0.1) is 22.9 Å². The molecule has 1 aromatic carbocycles. The van der Waals surface area contributed by atoms with Crippen LogP contribution >= 0.6 is 0 Å². The number of nitrogen functional groups attached to an aromatic ring is 1. The number of nitrogens with zero attached hydrogens (tertiary/aromatic N) is 5. The first-order valence-electron chi connectivity index (χ1n) is 8.39. The molecule has 3 aromatic rings. The summed E-state index contributed by atoms with van der Waals surface area (Å²) >= 11 is 0. The average Bonchev–Trinajstić information content (AvgIpc) is 3.02. The quantitative estimate of drug-likeness (QED) is 0.769. The lowest BCUT2D eigenvalue weighted by Gasteiger charge is -2.15. The fourth-order valence-electron chi connectivity index (χ4n) is 3.27. The molecule has 1 saturated carbocycles. The molecule has 0 aliphatic heterocycles. The van der Waals surface area contributed by atoms with E-state index in [1.807, 2.05) is 31.2 Å². The van der Waals surface area contributed by atoms with Gasteiger partial charge in [-0.25, -0.2) is 4.68 Å². The summed E-state index contributed by atoms with van der Waals surface area (Å²) in [6, 6.07) is 7.97. The van der Waals surface area contributed by atoms with E-state index in [-0.39, 0.29) is 5.41 Å². The molecule has 0 radical (unpaired) electrons. The number of aryl methyl sites for hydroxylation is 1. The fraction of sp³-hybridized carbons (Fsp3) is 0.389. The Kier molecular flexibility index (Phi) is 3.61. The molecule has 0 saturated heterocycles. The van der Waals surface area contributed by atoms with Gasteiger partial charge in [-0.05, 0) is 45.5 Å². The summed E-state index contributed by atoms with van der Waals surface area (Å²) in [5.74, 6) is 1.70. The first-order chi connectivity index (χ1) is 12.0. The minimum absolute atomic E-state index is 0.00444. The van der Waals surface area contributed by atoms with Crippen LogP contribution in [0.25, 0.3) is 17.1 Å². The molecule has 0 unspecified atom stereocenters. The van der Waals surface area contributed by atoms with Crippen LogP contribution in [0, 0.1) is 6.92 Å². The molecule has 0 spiro atoms. The van der Waals surface area contributed by atoms with Gasteiger partial charge in [-0.1, -0.05) is 23.4 Å². The van der Waals surface area contributed by atoms with Crippen LogP contribution < -0.4 is 5.73 Å². The lowest BCUT2D eigenvalue weighted by Crippen LogP contribution is -2.26. The zero-order chi connectivity index (χ0) is 17.6. The molecule has 2 N–H and O–H groups in total. The van der Waals surface area contributed by atoms with Gasteiger partial charge in [0, 0.05) is 6.54 Å². The Balaban J connectivity index is 1.67. The van der Waals surface area contributed by atoms with Gasteiger partial charge >= 0.3 is 0 Å². The number of anilines is 1. The highest BCUT2D eigenvalue weighted by atomic mass is 16.5. The van der Waals surface area contributed by atoms with Crippen LogP contribution in [-0.2, 0) is 5.41 Å². The van der Waals surface area contributed by atoms with E-state index in [0.29, 0.717) is 23.1 Å². The second-order valence-corrected chi connectivity index (χ2v) is 7.08. The minimum atomic E-state index is -0.00444. The highest BCUT2D eigenvalue weighted by Crippen LogP contribution is 2.48. The third-order valence-electron chi connectivity index (χ3n) is 4.74. The molecular formula is C18H22N6O. The van der Waals surface area contributed by atoms with Gasteiger partial charge in [-0.15, -0.1) is 0 Å². The van der Waals surface area contributed by atoms with Crippen molar-refractivity contribution in [3.8, 4) is 17.1 Å². The smallest absolute Gasteiger partial charge is 0.234 e. The van der Waals surface area contributed by atoms with Crippen LogP contribution in [0.1, 0.15) is 24.3 Å². The molecule has 0 amide bonds. The van der Waals surface area contributed by atoms with E-state index in [0.717, 1.165) is 30.6 Å². The molecule has 7 nitrogen and oxygen atoms in total. The molecule has 25 heavy (non-hydrogen) atoms. The molecule has 0 bridgehead atoms. The maximum Gasteiger partial charge on any atom is 0.234 e. The SMILES string of the molecule is Cc1ccccc1-n1ncc(-c2noc(C3(CN(C)C)CC3)n2)c1N. The standard InChI is InChI=1S/C18H22N6O/c1-12-6-4-5-7-14(12)24-15(19)13(10-20-24)16-21-17(25-22-16)18(8-9-18)11-23(2)3/h4-7,10H,8-9,11,19H2,1-3H3. The van der Waals surface area contributed by atoms with Crippen molar-refractivity contribution >= 4 is 5.82 Å². The van der Waals surface area contributed by atoms with Crippen molar-refractivity contribution < 1.29 is 4.52 Å². The van der Waals surface area contributed by atoms with Gasteiger partial charge in [0.1, 0.15) is 5.82 Å². The summed E-state index contributed by atoms with van der Waals surface area (Å²) in [4.78, 5) is 6.77. The Morgan fingerprint density at radius 2 is 2.04 bits per heavy atom. The van der Waals surface area contributed by atoms with Crippen LogP contribution in [0.4, 0.5) is 5.82 Å². The number of para-hydroxylation sites is 1. The van der Waals surface area contributed by atoms with Crippen molar-refractivity contribution in [2.24, 2.45) is 0 Å². The highest BCUT2D eigenvalue weighted by molar-refractivity contribution is 5.69. The Morgan fingerprint density at radius 3 is 2.72 bits per heavy atom. The highest BCUT2D eigenvalue weighted by Gasteiger charge is 2.49. The number of aromatic nitrogens is 4. The Labute approximate surface area is 146 Å². The van der Waals surface area contributed by atoms with E-state index < -0.39 is 0 Å². The Bertz CT molecular complexity index is 906. The third kappa shape index (κ3) is 2.70. The van der Waals surface area contributed by atoms with Crippen LogP contribution in [0.3, 0.4) is 0 Å². The Morgan fingerprint density at radius 1 is 1.28 bits per heavy atom. The summed E-state index contributed by atoms with van der Waals surface area (Å²) in [5, 5.41) is 8.57. The predicted molar refractivity (Wildman–Crippen MR) is 95.5 cm³/mol. The molecule has 7 heteroatoms. The molecule has 1 aliphatic rings. The third-order valence-corrected chi connectivity index (χ3v) is 4.74. The monoisotopic (exact) mass is 338 g/mol. The van der Waals surface area contributed by atoms with E-state index in [1.54, 1.807) is 10.9 Å². The normalized spacial score (nSPS) is 15.7. The predicted octanol–water partition coefficient (Wildman–Crippen LogP) is 2.41. The lowest BCUT2D eigenvalue weighted by molar-refractivity contribution is 0.291. The number of hydrogen-bond donors (Lipinski definition) is 1. The fourth-order valence-corrected chi connectivity index (χ4v) is 3.27. The van der Waals surface area contributed by atoms with E-state index >= 15 is 0 Å². The van der Waals surface area contributed by atoms with Gasteiger partial charge in [0.25, 0.3) is 0 Å². The van der Waals surface area contributed by atoms with Gasteiger partial charge in [-0.2, -0.15) is 10.1 Å². The van der Waals surface area contributed by atoms with Crippen LogP contribution in [0.5, 0.6) is 0 Å². The van der Waals surface area contributed by atoms with Crippen molar-refractivity contribution in [1.82, 2.24) is 24.8 Å². The number of rotatable bonds is 5.